The topological polar surface area (TPSA) is 82.5 Å². The fourth-order valence-electron chi connectivity index (χ4n) is 1.40. The number of rotatable bonds is 5. The highest BCUT2D eigenvalue weighted by atomic mass is 16.4. The molecule has 0 aromatic carbocycles. The molecule has 17 heavy (non-hydrogen) atoms. The van der Waals surface area contributed by atoms with Gasteiger partial charge in [0.15, 0.2) is 0 Å². The Morgan fingerprint density at radius 2 is 2.12 bits per heavy atom. The molecule has 2 unspecified atom stereocenters. The molecule has 0 radical (unpaired) electrons. The number of carboxylic acid groups (broad SMARTS) is 1. The summed E-state index contributed by atoms with van der Waals surface area (Å²) in [4.78, 5) is 15.0. The number of carboxylic acids is 1. The second kappa shape index (κ2) is 5.63. The average molecular weight is 238 g/mol. The van der Waals surface area contributed by atoms with Gasteiger partial charge in [-0.3, -0.25) is 0 Å². The first-order valence-electron chi connectivity index (χ1n) is 5.54. The minimum atomic E-state index is -0.974. The van der Waals surface area contributed by atoms with Gasteiger partial charge < -0.3 is 15.5 Å². The van der Waals surface area contributed by atoms with Crippen LogP contribution in [0.3, 0.4) is 0 Å². The van der Waals surface area contributed by atoms with Crippen LogP contribution < -0.4 is 5.32 Å². The molecule has 5 heteroatoms. The summed E-state index contributed by atoms with van der Waals surface area (Å²) >= 11 is 0. The number of nitrogens with one attached hydrogen (secondary N) is 1. The third-order valence-corrected chi connectivity index (χ3v) is 2.83. The van der Waals surface area contributed by atoms with E-state index in [-0.39, 0.29) is 24.1 Å². The molecule has 94 valence electrons. The number of carbonyl (C=O) groups is 1. The summed E-state index contributed by atoms with van der Waals surface area (Å²) in [5.74, 6) is -0.241. The molecule has 0 saturated carbocycles. The molecule has 0 aliphatic heterocycles. The zero-order valence-electron chi connectivity index (χ0n) is 10.3. The smallest absolute Gasteiger partial charge is 0.337 e. The minimum Gasteiger partial charge on any atom is -0.478 e. The quantitative estimate of drug-likeness (QED) is 0.724. The summed E-state index contributed by atoms with van der Waals surface area (Å²) in [6.45, 7) is 5.63. The van der Waals surface area contributed by atoms with E-state index in [4.69, 9.17) is 10.2 Å². The van der Waals surface area contributed by atoms with Crippen LogP contribution in [0.2, 0.25) is 0 Å². The van der Waals surface area contributed by atoms with Crippen molar-refractivity contribution >= 4 is 11.8 Å². The molecule has 0 amide bonds. The van der Waals surface area contributed by atoms with E-state index in [0.717, 1.165) is 0 Å². The zero-order valence-corrected chi connectivity index (χ0v) is 10.3. The van der Waals surface area contributed by atoms with Gasteiger partial charge in [-0.1, -0.05) is 6.92 Å². The predicted molar refractivity (Wildman–Crippen MR) is 65.3 cm³/mol. The monoisotopic (exact) mass is 238 g/mol. The molecule has 0 aliphatic rings. The van der Waals surface area contributed by atoms with Crippen molar-refractivity contribution in [3.63, 3.8) is 0 Å². The number of aromatic carboxylic acids is 1. The first-order valence-corrected chi connectivity index (χ1v) is 5.54. The van der Waals surface area contributed by atoms with Crippen molar-refractivity contribution in [2.24, 2.45) is 5.92 Å². The summed E-state index contributed by atoms with van der Waals surface area (Å²) in [6, 6.07) is 3.24. The SMILES string of the molecule is Cc1nc(NC(C)C(C)CO)ccc1C(=O)O. The Kier molecular flexibility index (Phi) is 4.45. The maximum Gasteiger partial charge on any atom is 0.337 e. The van der Waals surface area contributed by atoms with Gasteiger partial charge in [0.05, 0.1) is 11.3 Å². The van der Waals surface area contributed by atoms with Crippen LogP contribution in [0.25, 0.3) is 0 Å². The van der Waals surface area contributed by atoms with Crippen molar-refractivity contribution in [3.8, 4) is 0 Å². The Labute approximate surface area is 101 Å². The van der Waals surface area contributed by atoms with E-state index in [1.54, 1.807) is 13.0 Å². The van der Waals surface area contributed by atoms with Crippen LogP contribution in [0.1, 0.15) is 29.9 Å². The lowest BCUT2D eigenvalue weighted by Crippen LogP contribution is -2.26. The van der Waals surface area contributed by atoms with Crippen LogP contribution in [0.5, 0.6) is 0 Å². The van der Waals surface area contributed by atoms with E-state index in [1.165, 1.54) is 6.07 Å². The van der Waals surface area contributed by atoms with Crippen molar-refractivity contribution in [3.05, 3.63) is 23.4 Å². The van der Waals surface area contributed by atoms with Crippen molar-refractivity contribution < 1.29 is 15.0 Å². The number of nitrogens with zero attached hydrogens (tertiary/aromatic N) is 1. The summed E-state index contributed by atoms with van der Waals surface area (Å²) in [7, 11) is 0. The first-order chi connectivity index (χ1) is 7.95. The number of hydrogen-bond donors (Lipinski definition) is 3. The molecule has 2 atom stereocenters. The summed E-state index contributed by atoms with van der Waals surface area (Å²) < 4.78 is 0. The lowest BCUT2D eigenvalue weighted by atomic mass is 10.1. The van der Waals surface area contributed by atoms with Gasteiger partial charge in [-0.25, -0.2) is 9.78 Å². The van der Waals surface area contributed by atoms with Gasteiger partial charge in [0.2, 0.25) is 0 Å². The van der Waals surface area contributed by atoms with E-state index < -0.39 is 5.97 Å². The number of aryl methyl sites for hydroxylation is 1. The highest BCUT2D eigenvalue weighted by Gasteiger charge is 2.13. The highest BCUT2D eigenvalue weighted by Crippen LogP contribution is 2.13. The molecule has 3 N–H and O–H groups in total. The van der Waals surface area contributed by atoms with Crippen LogP contribution in [-0.2, 0) is 0 Å². The fourth-order valence-corrected chi connectivity index (χ4v) is 1.40. The second-order valence-electron chi connectivity index (χ2n) is 4.23. The van der Waals surface area contributed by atoms with Crippen LogP contribution >= 0.6 is 0 Å². The van der Waals surface area contributed by atoms with Crippen LogP contribution in [0.15, 0.2) is 12.1 Å². The Balaban J connectivity index is 2.81. The van der Waals surface area contributed by atoms with Crippen molar-refractivity contribution in [2.45, 2.75) is 26.8 Å². The van der Waals surface area contributed by atoms with Crippen molar-refractivity contribution in [1.82, 2.24) is 4.98 Å². The van der Waals surface area contributed by atoms with Crippen LogP contribution in [-0.4, -0.2) is 33.8 Å². The Morgan fingerprint density at radius 3 is 2.59 bits per heavy atom. The molecule has 0 fully saturated rings. The molecule has 0 saturated heterocycles. The van der Waals surface area contributed by atoms with Gasteiger partial charge >= 0.3 is 5.97 Å². The third kappa shape index (κ3) is 3.42. The number of anilines is 1. The molecule has 0 aliphatic carbocycles. The molecule has 0 spiro atoms. The van der Waals surface area contributed by atoms with Gasteiger partial charge in [0.25, 0.3) is 0 Å². The Morgan fingerprint density at radius 1 is 1.47 bits per heavy atom. The van der Waals surface area contributed by atoms with Gasteiger partial charge in [0, 0.05) is 12.6 Å². The lowest BCUT2D eigenvalue weighted by molar-refractivity contribution is 0.0695. The lowest BCUT2D eigenvalue weighted by Gasteiger charge is -2.20. The van der Waals surface area contributed by atoms with Gasteiger partial charge in [-0.15, -0.1) is 0 Å². The highest BCUT2D eigenvalue weighted by molar-refractivity contribution is 5.89. The average Bonchev–Trinajstić information content (AvgIpc) is 2.27. The molecule has 1 heterocycles. The molecule has 1 aromatic heterocycles. The predicted octanol–water partition coefficient (Wildman–Crippen LogP) is 1.52. The number of aromatic nitrogens is 1. The Bertz CT molecular complexity index is 407. The van der Waals surface area contributed by atoms with E-state index in [9.17, 15) is 4.79 Å². The number of hydrogen-bond acceptors (Lipinski definition) is 4. The molecular formula is C12H18N2O3. The normalized spacial score (nSPS) is 14.1. The van der Waals surface area contributed by atoms with E-state index in [2.05, 4.69) is 10.3 Å². The van der Waals surface area contributed by atoms with Crippen molar-refractivity contribution in [2.75, 3.05) is 11.9 Å². The van der Waals surface area contributed by atoms with E-state index in [1.807, 2.05) is 13.8 Å². The van der Waals surface area contributed by atoms with Crippen molar-refractivity contribution in [1.29, 1.82) is 0 Å². The van der Waals surface area contributed by atoms with E-state index >= 15 is 0 Å². The minimum absolute atomic E-state index is 0.0718. The zero-order chi connectivity index (χ0) is 13.0. The number of aliphatic hydroxyl groups is 1. The molecular weight excluding hydrogens is 220 g/mol. The maximum absolute atomic E-state index is 10.8. The maximum atomic E-state index is 10.8. The van der Waals surface area contributed by atoms with E-state index in [0.29, 0.717) is 11.5 Å². The molecule has 1 aromatic rings. The number of pyridine rings is 1. The largest absolute Gasteiger partial charge is 0.478 e. The van der Waals surface area contributed by atoms with Gasteiger partial charge in [-0.2, -0.15) is 0 Å². The molecule has 0 bridgehead atoms. The Hall–Kier alpha value is -1.62. The van der Waals surface area contributed by atoms with Gasteiger partial charge in [0.1, 0.15) is 5.82 Å². The fraction of sp³-hybridized carbons (Fsp3) is 0.500. The molecule has 1 rings (SSSR count). The van der Waals surface area contributed by atoms with Crippen LogP contribution in [0.4, 0.5) is 5.82 Å². The second-order valence-corrected chi connectivity index (χ2v) is 4.23. The molecule has 5 nitrogen and oxygen atoms in total. The third-order valence-electron chi connectivity index (χ3n) is 2.83. The summed E-state index contributed by atoms with van der Waals surface area (Å²) in [5, 5.41) is 21.0. The summed E-state index contributed by atoms with van der Waals surface area (Å²) in [5.41, 5.74) is 0.685. The first kappa shape index (κ1) is 13.4. The van der Waals surface area contributed by atoms with Gasteiger partial charge in [-0.05, 0) is 31.9 Å². The standard InChI is InChI=1S/C12H18N2O3/c1-7(6-15)8(2)13-11-5-4-10(12(16)17)9(3)14-11/h4-5,7-8,15H,6H2,1-3H3,(H,13,14)(H,16,17). The number of aliphatic hydroxyl groups excluding tert-OH is 1. The summed E-state index contributed by atoms with van der Waals surface area (Å²) in [6.07, 6.45) is 0. The van der Waals surface area contributed by atoms with Crippen LogP contribution in [0, 0.1) is 12.8 Å².